The highest BCUT2D eigenvalue weighted by atomic mass is 79.9. The van der Waals surface area contributed by atoms with E-state index in [1.807, 2.05) is 36.1 Å². The summed E-state index contributed by atoms with van der Waals surface area (Å²) in [6.45, 7) is 0. The van der Waals surface area contributed by atoms with Crippen molar-refractivity contribution in [2.24, 2.45) is 12.8 Å². The van der Waals surface area contributed by atoms with Crippen molar-refractivity contribution in [3.63, 3.8) is 0 Å². The van der Waals surface area contributed by atoms with Crippen molar-refractivity contribution in [1.29, 1.82) is 0 Å². The first kappa shape index (κ1) is 13.3. The van der Waals surface area contributed by atoms with Crippen LogP contribution in [0.2, 0.25) is 0 Å². The average Bonchev–Trinajstić information content (AvgIpc) is 2.72. The van der Waals surface area contributed by atoms with Crippen LogP contribution in [0.1, 0.15) is 17.7 Å². The van der Waals surface area contributed by atoms with E-state index in [-0.39, 0.29) is 6.04 Å². The number of rotatable bonds is 5. The fraction of sp³-hybridized carbons (Fsp3) is 0.357. The minimum atomic E-state index is 0.189. The molecule has 1 heterocycles. The molecule has 0 saturated carbocycles. The fourth-order valence-corrected chi connectivity index (χ4v) is 2.50. The summed E-state index contributed by atoms with van der Waals surface area (Å²) in [5.74, 6) is 0. The van der Waals surface area contributed by atoms with Gasteiger partial charge >= 0.3 is 0 Å². The third-order valence-electron chi connectivity index (χ3n) is 3.08. The van der Waals surface area contributed by atoms with Crippen molar-refractivity contribution < 1.29 is 0 Å². The summed E-state index contributed by atoms with van der Waals surface area (Å²) in [4.78, 5) is 0. The van der Waals surface area contributed by atoms with Crippen molar-refractivity contribution in [2.45, 2.75) is 25.3 Å². The summed E-state index contributed by atoms with van der Waals surface area (Å²) in [6.07, 6.45) is 4.70. The first-order valence-electron chi connectivity index (χ1n) is 6.12. The first-order chi connectivity index (χ1) is 8.65. The molecule has 1 aromatic carbocycles. The van der Waals surface area contributed by atoms with Gasteiger partial charge in [0, 0.05) is 29.5 Å². The second-order valence-electron chi connectivity index (χ2n) is 4.58. The Morgan fingerprint density at radius 1 is 1.39 bits per heavy atom. The lowest BCUT2D eigenvalue weighted by Gasteiger charge is -2.12. The molecule has 1 unspecified atom stereocenters. The molecule has 0 aliphatic heterocycles. The highest BCUT2D eigenvalue weighted by Gasteiger charge is 2.06. The van der Waals surface area contributed by atoms with Gasteiger partial charge in [0.05, 0.1) is 0 Å². The van der Waals surface area contributed by atoms with E-state index in [4.69, 9.17) is 5.73 Å². The van der Waals surface area contributed by atoms with E-state index in [1.165, 1.54) is 11.3 Å². The number of nitrogens with zero attached hydrogens (tertiary/aromatic N) is 2. The third kappa shape index (κ3) is 3.68. The van der Waals surface area contributed by atoms with Crippen LogP contribution in [-0.4, -0.2) is 15.8 Å². The molecule has 0 fully saturated rings. The summed E-state index contributed by atoms with van der Waals surface area (Å²) >= 11 is 3.48. The number of benzene rings is 1. The van der Waals surface area contributed by atoms with E-state index < -0.39 is 0 Å². The summed E-state index contributed by atoms with van der Waals surface area (Å²) < 4.78 is 3.02. The Labute approximate surface area is 116 Å². The Morgan fingerprint density at radius 2 is 2.22 bits per heavy atom. The molecule has 18 heavy (non-hydrogen) atoms. The van der Waals surface area contributed by atoms with Gasteiger partial charge < -0.3 is 5.73 Å². The van der Waals surface area contributed by atoms with Gasteiger partial charge in [-0.15, -0.1) is 0 Å². The van der Waals surface area contributed by atoms with E-state index in [9.17, 15) is 0 Å². The molecule has 0 aliphatic carbocycles. The number of halogens is 1. The largest absolute Gasteiger partial charge is 0.327 e. The van der Waals surface area contributed by atoms with Crippen molar-refractivity contribution in [1.82, 2.24) is 9.78 Å². The fourth-order valence-electron chi connectivity index (χ4n) is 2.05. The van der Waals surface area contributed by atoms with Gasteiger partial charge in [0.2, 0.25) is 0 Å². The van der Waals surface area contributed by atoms with Gasteiger partial charge in [0.1, 0.15) is 0 Å². The van der Waals surface area contributed by atoms with Gasteiger partial charge in [-0.3, -0.25) is 4.68 Å². The highest BCUT2D eigenvalue weighted by molar-refractivity contribution is 9.10. The van der Waals surface area contributed by atoms with Crippen LogP contribution >= 0.6 is 15.9 Å². The van der Waals surface area contributed by atoms with Crippen LogP contribution in [-0.2, 0) is 19.9 Å². The molecule has 0 amide bonds. The molecule has 2 aromatic rings. The molecule has 0 saturated heterocycles. The highest BCUT2D eigenvalue weighted by Crippen LogP contribution is 2.14. The maximum atomic E-state index is 6.18. The Morgan fingerprint density at radius 3 is 2.89 bits per heavy atom. The summed E-state index contributed by atoms with van der Waals surface area (Å²) in [7, 11) is 1.97. The zero-order chi connectivity index (χ0) is 13.0. The van der Waals surface area contributed by atoms with Crippen molar-refractivity contribution in [2.75, 3.05) is 0 Å². The molecule has 96 valence electrons. The molecule has 4 heteroatoms. The minimum absolute atomic E-state index is 0.189. The van der Waals surface area contributed by atoms with Crippen molar-refractivity contribution in [3.8, 4) is 0 Å². The number of hydrogen-bond acceptors (Lipinski definition) is 2. The second-order valence-corrected chi connectivity index (χ2v) is 5.49. The monoisotopic (exact) mass is 307 g/mol. The quantitative estimate of drug-likeness (QED) is 0.923. The molecule has 1 atom stereocenters. The second kappa shape index (κ2) is 6.16. The van der Waals surface area contributed by atoms with Crippen LogP contribution in [0.4, 0.5) is 0 Å². The maximum absolute atomic E-state index is 6.18. The van der Waals surface area contributed by atoms with Gasteiger partial charge in [-0.05, 0) is 43.0 Å². The molecular weight excluding hydrogens is 290 g/mol. The molecule has 0 bridgehead atoms. The van der Waals surface area contributed by atoms with E-state index >= 15 is 0 Å². The molecule has 2 rings (SSSR count). The van der Waals surface area contributed by atoms with Gasteiger partial charge in [-0.2, -0.15) is 5.10 Å². The maximum Gasteiger partial charge on any atom is 0.0492 e. The number of aromatic nitrogens is 2. The van der Waals surface area contributed by atoms with Crippen LogP contribution in [0.3, 0.4) is 0 Å². The van der Waals surface area contributed by atoms with Crippen LogP contribution in [0, 0.1) is 0 Å². The number of hydrogen-bond donors (Lipinski definition) is 1. The SMILES string of the molecule is Cn1nccc1CCC(N)Cc1cccc(Br)c1. The Kier molecular flexibility index (Phi) is 4.55. The Balaban J connectivity index is 1.86. The van der Waals surface area contributed by atoms with E-state index in [0.717, 1.165) is 23.7 Å². The van der Waals surface area contributed by atoms with Crippen molar-refractivity contribution in [3.05, 3.63) is 52.3 Å². The molecule has 0 aliphatic rings. The average molecular weight is 308 g/mol. The van der Waals surface area contributed by atoms with Gasteiger partial charge in [0.15, 0.2) is 0 Å². The molecular formula is C14H18BrN3. The molecule has 0 radical (unpaired) electrons. The zero-order valence-corrected chi connectivity index (χ0v) is 12.1. The van der Waals surface area contributed by atoms with Crippen molar-refractivity contribution >= 4 is 15.9 Å². The predicted molar refractivity (Wildman–Crippen MR) is 77.4 cm³/mol. The van der Waals surface area contributed by atoms with Crippen LogP contribution < -0.4 is 5.73 Å². The molecule has 3 nitrogen and oxygen atoms in total. The number of nitrogens with two attached hydrogens (primary N) is 1. The van der Waals surface area contributed by atoms with Crippen LogP contribution in [0.5, 0.6) is 0 Å². The normalized spacial score (nSPS) is 12.6. The van der Waals surface area contributed by atoms with E-state index in [0.29, 0.717) is 0 Å². The summed E-state index contributed by atoms with van der Waals surface area (Å²) in [5.41, 5.74) is 8.69. The lowest BCUT2D eigenvalue weighted by Crippen LogP contribution is -2.23. The number of aryl methyl sites for hydroxylation is 2. The molecule has 1 aromatic heterocycles. The lowest BCUT2D eigenvalue weighted by molar-refractivity contribution is 0.586. The van der Waals surface area contributed by atoms with E-state index in [1.54, 1.807) is 0 Å². The topological polar surface area (TPSA) is 43.8 Å². The minimum Gasteiger partial charge on any atom is -0.327 e. The standard InChI is InChI=1S/C14H18BrN3/c1-18-14(7-8-17-18)6-5-13(16)10-11-3-2-4-12(15)9-11/h2-4,7-9,13H,5-6,10,16H2,1H3. The summed E-state index contributed by atoms with van der Waals surface area (Å²) in [5, 5.41) is 4.16. The smallest absolute Gasteiger partial charge is 0.0492 e. The Hall–Kier alpha value is -1.13. The van der Waals surface area contributed by atoms with Crippen LogP contribution in [0.15, 0.2) is 41.0 Å². The molecule has 0 spiro atoms. The van der Waals surface area contributed by atoms with Gasteiger partial charge in [-0.25, -0.2) is 0 Å². The van der Waals surface area contributed by atoms with Gasteiger partial charge in [-0.1, -0.05) is 28.1 Å². The Bertz CT molecular complexity index is 507. The predicted octanol–water partition coefficient (Wildman–Crippen LogP) is 2.69. The molecule has 2 N–H and O–H groups in total. The van der Waals surface area contributed by atoms with E-state index in [2.05, 4.69) is 33.2 Å². The van der Waals surface area contributed by atoms with Crippen LogP contribution in [0.25, 0.3) is 0 Å². The first-order valence-corrected chi connectivity index (χ1v) is 6.91. The lowest BCUT2D eigenvalue weighted by atomic mass is 10.0. The summed E-state index contributed by atoms with van der Waals surface area (Å²) in [6, 6.07) is 10.6. The zero-order valence-electron chi connectivity index (χ0n) is 10.5. The van der Waals surface area contributed by atoms with Gasteiger partial charge in [0.25, 0.3) is 0 Å². The third-order valence-corrected chi connectivity index (χ3v) is 3.57.